The van der Waals surface area contributed by atoms with Gasteiger partial charge in [0.05, 0.1) is 12.2 Å². The van der Waals surface area contributed by atoms with Gasteiger partial charge in [0.25, 0.3) is 0 Å². The molecule has 0 saturated heterocycles. The van der Waals surface area contributed by atoms with Crippen LogP contribution in [0.15, 0.2) is 53.1 Å². The maximum Gasteiger partial charge on any atom is 0.244 e. The van der Waals surface area contributed by atoms with E-state index in [1.807, 2.05) is 23.8 Å². The Bertz CT molecular complexity index is 1050. The minimum Gasteiger partial charge on any atom is -0.487 e. The molecule has 0 radical (unpaired) electrons. The molecule has 29 heavy (non-hydrogen) atoms. The first-order valence-corrected chi connectivity index (χ1v) is 11.1. The summed E-state index contributed by atoms with van der Waals surface area (Å²) in [5.41, 5.74) is 1.99. The van der Waals surface area contributed by atoms with Crippen LogP contribution in [0.4, 0.5) is 4.39 Å². The lowest BCUT2D eigenvalue weighted by Gasteiger charge is -2.13. The van der Waals surface area contributed by atoms with E-state index in [4.69, 9.17) is 4.74 Å². The number of amides is 1. The van der Waals surface area contributed by atoms with Crippen molar-refractivity contribution in [3.05, 3.63) is 64.2 Å². The first-order chi connectivity index (χ1) is 14.1. The zero-order valence-corrected chi connectivity index (χ0v) is 17.2. The number of halogens is 1. The molecule has 5 nitrogen and oxygen atoms in total. The Balaban J connectivity index is 1.46. The number of thiophene rings is 1. The molecule has 0 saturated carbocycles. The van der Waals surface area contributed by atoms with Crippen LogP contribution < -0.4 is 10.1 Å². The van der Waals surface area contributed by atoms with Crippen molar-refractivity contribution in [1.82, 2.24) is 15.3 Å². The highest BCUT2D eigenvalue weighted by Crippen LogP contribution is 2.39. The van der Waals surface area contributed by atoms with E-state index in [2.05, 4.69) is 15.3 Å². The number of thioether (sulfide) groups is 1. The van der Waals surface area contributed by atoms with E-state index in [1.54, 1.807) is 29.7 Å². The molecule has 1 atom stereocenters. The Morgan fingerprint density at radius 3 is 3.14 bits per heavy atom. The summed E-state index contributed by atoms with van der Waals surface area (Å²) in [5.74, 6) is 0.0885. The number of nitrogens with zero attached hydrogens (tertiary/aromatic N) is 2. The molecule has 2 aromatic heterocycles. The topological polar surface area (TPSA) is 64.1 Å². The molecule has 0 bridgehead atoms. The summed E-state index contributed by atoms with van der Waals surface area (Å²) in [6.45, 7) is 0.336. The number of rotatable bonds is 6. The molecule has 0 unspecified atom stereocenters. The van der Waals surface area contributed by atoms with E-state index in [-0.39, 0.29) is 17.8 Å². The van der Waals surface area contributed by atoms with Crippen LogP contribution in [0.1, 0.15) is 10.4 Å². The van der Waals surface area contributed by atoms with Gasteiger partial charge in [0, 0.05) is 34.7 Å². The number of benzene rings is 1. The largest absolute Gasteiger partial charge is 0.487 e. The van der Waals surface area contributed by atoms with Crippen LogP contribution in [-0.4, -0.2) is 34.8 Å². The van der Waals surface area contributed by atoms with Crippen LogP contribution in [-0.2, 0) is 11.2 Å². The van der Waals surface area contributed by atoms with Gasteiger partial charge in [0.15, 0.2) is 5.16 Å². The molecule has 3 aromatic rings. The van der Waals surface area contributed by atoms with Crippen LogP contribution in [0, 0.1) is 5.82 Å². The summed E-state index contributed by atoms with van der Waals surface area (Å²) < 4.78 is 20.2. The Hall–Kier alpha value is -2.71. The number of nitrogens with one attached hydrogen (secondary N) is 1. The number of carbonyl (C=O) groups excluding carboxylic acids is 1. The van der Waals surface area contributed by atoms with Crippen molar-refractivity contribution >= 4 is 35.1 Å². The number of aromatic nitrogens is 2. The predicted octanol–water partition coefficient (Wildman–Crippen LogP) is 4.20. The molecule has 0 fully saturated rings. The van der Waals surface area contributed by atoms with Gasteiger partial charge in [-0.3, -0.25) is 4.79 Å². The van der Waals surface area contributed by atoms with Crippen molar-refractivity contribution in [2.24, 2.45) is 0 Å². The van der Waals surface area contributed by atoms with Gasteiger partial charge in [-0.05, 0) is 42.0 Å². The van der Waals surface area contributed by atoms with E-state index in [0.717, 1.165) is 10.4 Å². The second-order valence-electron chi connectivity index (χ2n) is 6.41. The Kier molecular flexibility index (Phi) is 5.92. The zero-order chi connectivity index (χ0) is 20.2. The van der Waals surface area contributed by atoms with Crippen LogP contribution in [0.2, 0.25) is 0 Å². The second-order valence-corrected chi connectivity index (χ2v) is 8.16. The molecule has 148 valence electrons. The van der Waals surface area contributed by atoms with Gasteiger partial charge >= 0.3 is 0 Å². The first-order valence-electron chi connectivity index (χ1n) is 8.98. The molecular formula is C21H18FN3O2S2. The Morgan fingerprint density at radius 1 is 1.45 bits per heavy atom. The molecular weight excluding hydrogens is 409 g/mol. The summed E-state index contributed by atoms with van der Waals surface area (Å²) in [7, 11) is 0. The molecule has 0 spiro atoms. The van der Waals surface area contributed by atoms with Gasteiger partial charge in [-0.25, -0.2) is 14.4 Å². The maximum atomic E-state index is 14.2. The van der Waals surface area contributed by atoms with Gasteiger partial charge in [-0.1, -0.05) is 17.8 Å². The minimum absolute atomic E-state index is 0.190. The van der Waals surface area contributed by atoms with Crippen molar-refractivity contribution < 1.29 is 13.9 Å². The highest BCUT2D eigenvalue weighted by Gasteiger charge is 2.27. The standard InChI is InChI=1S/C21H18FN3O2S2/c1-28-21-23-7-6-18(25-21)17-11-14(22)9-13-10-15(27-20(13)17)12-24-19(26)5-4-16-3-2-8-29-16/h2-9,11,15H,10,12H2,1H3,(H,24,26)/b5-4+/t15-/m0/s1. The average molecular weight is 428 g/mol. The summed E-state index contributed by atoms with van der Waals surface area (Å²) in [5, 5.41) is 5.41. The van der Waals surface area contributed by atoms with Crippen LogP contribution in [0.25, 0.3) is 17.3 Å². The van der Waals surface area contributed by atoms with Gasteiger partial charge in [0.1, 0.15) is 17.7 Å². The van der Waals surface area contributed by atoms with Crippen molar-refractivity contribution in [2.75, 3.05) is 12.8 Å². The smallest absolute Gasteiger partial charge is 0.244 e. The summed E-state index contributed by atoms with van der Waals surface area (Å²) in [6.07, 6.45) is 7.08. The third kappa shape index (κ3) is 4.65. The van der Waals surface area contributed by atoms with Crippen LogP contribution in [0.5, 0.6) is 5.75 Å². The van der Waals surface area contributed by atoms with Gasteiger partial charge in [0.2, 0.25) is 5.91 Å². The maximum absolute atomic E-state index is 14.2. The number of carbonyl (C=O) groups is 1. The van der Waals surface area contributed by atoms with Crippen molar-refractivity contribution in [2.45, 2.75) is 17.7 Å². The minimum atomic E-state index is -0.338. The van der Waals surface area contributed by atoms with Crippen molar-refractivity contribution in [3.63, 3.8) is 0 Å². The van der Waals surface area contributed by atoms with E-state index in [0.29, 0.717) is 35.1 Å². The van der Waals surface area contributed by atoms with Crippen molar-refractivity contribution in [1.29, 1.82) is 0 Å². The third-order valence-corrected chi connectivity index (χ3v) is 5.80. The number of fused-ring (bicyclic) bond motifs is 1. The molecule has 0 aliphatic carbocycles. The Labute approximate surface area is 176 Å². The summed E-state index contributed by atoms with van der Waals surface area (Å²) >= 11 is 2.98. The van der Waals surface area contributed by atoms with E-state index < -0.39 is 0 Å². The quantitative estimate of drug-likeness (QED) is 0.363. The lowest BCUT2D eigenvalue weighted by Crippen LogP contribution is -2.33. The normalized spacial score (nSPS) is 15.3. The molecule has 4 rings (SSSR count). The molecule has 8 heteroatoms. The summed E-state index contributed by atoms with van der Waals surface area (Å²) in [6, 6.07) is 8.52. The highest BCUT2D eigenvalue weighted by atomic mass is 32.2. The predicted molar refractivity (Wildman–Crippen MR) is 114 cm³/mol. The van der Waals surface area contributed by atoms with Gasteiger partial charge in [-0.15, -0.1) is 11.3 Å². The van der Waals surface area contributed by atoms with Crippen molar-refractivity contribution in [3.8, 4) is 17.0 Å². The molecule has 1 aliphatic heterocycles. The van der Waals surface area contributed by atoms with E-state index in [9.17, 15) is 9.18 Å². The summed E-state index contributed by atoms with van der Waals surface area (Å²) in [4.78, 5) is 21.7. The molecule has 3 heterocycles. The number of hydrogen-bond acceptors (Lipinski definition) is 6. The monoisotopic (exact) mass is 427 g/mol. The number of hydrogen-bond donors (Lipinski definition) is 1. The lowest BCUT2D eigenvalue weighted by molar-refractivity contribution is -0.116. The zero-order valence-electron chi connectivity index (χ0n) is 15.6. The van der Waals surface area contributed by atoms with Crippen LogP contribution >= 0.6 is 23.1 Å². The Morgan fingerprint density at radius 2 is 2.34 bits per heavy atom. The molecule has 1 aromatic carbocycles. The second kappa shape index (κ2) is 8.75. The van der Waals surface area contributed by atoms with Gasteiger partial charge in [-0.2, -0.15) is 0 Å². The molecule has 1 N–H and O–H groups in total. The SMILES string of the molecule is CSc1nccc(-c2cc(F)cc3c2O[C@H](CNC(=O)/C=C/c2cccs2)C3)n1. The van der Waals surface area contributed by atoms with Gasteiger partial charge < -0.3 is 10.1 Å². The fourth-order valence-corrected chi connectivity index (χ4v) is 4.08. The average Bonchev–Trinajstić information content (AvgIpc) is 3.39. The fraction of sp³-hybridized carbons (Fsp3) is 0.190. The van der Waals surface area contributed by atoms with E-state index >= 15 is 0 Å². The highest BCUT2D eigenvalue weighted by molar-refractivity contribution is 7.98. The lowest BCUT2D eigenvalue weighted by atomic mass is 10.0. The molecule has 1 amide bonds. The molecule has 1 aliphatic rings. The third-order valence-electron chi connectivity index (χ3n) is 4.40. The van der Waals surface area contributed by atoms with Crippen LogP contribution in [0.3, 0.4) is 0 Å². The fourth-order valence-electron chi connectivity index (χ4n) is 3.11. The number of ether oxygens (including phenoxy) is 1. The van der Waals surface area contributed by atoms with E-state index in [1.165, 1.54) is 30.0 Å². The first kappa shape index (κ1) is 19.6.